The van der Waals surface area contributed by atoms with Gasteiger partial charge in [0.25, 0.3) is 0 Å². The van der Waals surface area contributed by atoms with Gasteiger partial charge in [0, 0.05) is 5.82 Å². The van der Waals surface area contributed by atoms with Crippen LogP contribution in [0.5, 0.6) is 0 Å². The van der Waals surface area contributed by atoms with Gasteiger partial charge in [0.15, 0.2) is 0 Å². The van der Waals surface area contributed by atoms with Crippen molar-refractivity contribution in [2.24, 2.45) is 0 Å². The Morgan fingerprint density at radius 2 is 2.00 bits per heavy atom. The zero-order valence-electron chi connectivity index (χ0n) is 4.06. The van der Waals surface area contributed by atoms with Crippen molar-refractivity contribution in [3.8, 4) is 0 Å². The van der Waals surface area contributed by atoms with Crippen molar-refractivity contribution >= 4 is 7.60 Å². The predicted molar refractivity (Wildman–Crippen MR) is 28.3 cm³/mol. The van der Waals surface area contributed by atoms with Gasteiger partial charge in [-0.1, -0.05) is 6.08 Å². The Balaban J connectivity index is 3.71. The molecule has 0 aliphatic carbocycles. The van der Waals surface area contributed by atoms with E-state index in [0.717, 1.165) is 6.08 Å². The van der Waals surface area contributed by atoms with Gasteiger partial charge in [0.1, 0.15) is 0 Å². The van der Waals surface area contributed by atoms with E-state index in [1.165, 1.54) is 0 Å². The average molecular weight is 138 g/mol. The van der Waals surface area contributed by atoms with E-state index in [-0.39, 0.29) is 6.61 Å². The lowest BCUT2D eigenvalue weighted by molar-refractivity contribution is 0.341. The zero-order valence-corrected chi connectivity index (χ0v) is 4.95. The number of rotatable bonds is 2. The first kappa shape index (κ1) is 7.85. The molecule has 0 bridgehead atoms. The SMILES string of the molecule is O=P(O)(O)C=CCO. The Hall–Kier alpha value is -0.150. The second-order valence-corrected chi connectivity index (χ2v) is 2.63. The van der Waals surface area contributed by atoms with Crippen LogP contribution in [0.25, 0.3) is 0 Å². The molecule has 4 nitrogen and oxygen atoms in total. The number of aliphatic hydroxyl groups excluding tert-OH is 1. The number of hydrogen-bond acceptors (Lipinski definition) is 2. The highest BCUT2D eigenvalue weighted by atomic mass is 31.2. The van der Waals surface area contributed by atoms with Crippen LogP contribution in [0.4, 0.5) is 0 Å². The largest absolute Gasteiger partial charge is 0.392 e. The first-order chi connectivity index (χ1) is 3.56. The molecule has 0 amide bonds. The van der Waals surface area contributed by atoms with E-state index < -0.39 is 7.60 Å². The molecule has 0 aliphatic heterocycles. The van der Waals surface area contributed by atoms with Crippen LogP contribution in [0.15, 0.2) is 11.9 Å². The molecule has 5 heteroatoms. The van der Waals surface area contributed by atoms with E-state index in [2.05, 4.69) is 0 Å². The summed E-state index contributed by atoms with van der Waals surface area (Å²) >= 11 is 0. The van der Waals surface area contributed by atoms with Gasteiger partial charge in [-0.2, -0.15) is 0 Å². The van der Waals surface area contributed by atoms with Crippen LogP contribution in [0.1, 0.15) is 0 Å². The summed E-state index contributed by atoms with van der Waals surface area (Å²) in [7, 11) is -4.02. The van der Waals surface area contributed by atoms with E-state index in [4.69, 9.17) is 14.9 Å². The molecule has 0 rings (SSSR count). The highest BCUT2D eigenvalue weighted by Crippen LogP contribution is 2.35. The van der Waals surface area contributed by atoms with Crippen molar-refractivity contribution in [2.75, 3.05) is 6.61 Å². The molecule has 0 saturated heterocycles. The molecule has 0 unspecified atom stereocenters. The molecule has 0 saturated carbocycles. The minimum atomic E-state index is -4.02. The molecule has 3 N–H and O–H groups in total. The standard InChI is InChI=1S/C3H7O4P/c4-2-1-3-8(5,6)7/h1,3-4H,2H2,(H2,5,6,7). The fourth-order valence-electron chi connectivity index (χ4n) is 0.184. The molecule has 0 aromatic heterocycles. The van der Waals surface area contributed by atoms with Crippen molar-refractivity contribution in [3.05, 3.63) is 11.9 Å². The van der Waals surface area contributed by atoms with E-state index >= 15 is 0 Å². The molecular weight excluding hydrogens is 131 g/mol. The number of aliphatic hydroxyl groups is 1. The van der Waals surface area contributed by atoms with E-state index in [9.17, 15) is 4.57 Å². The van der Waals surface area contributed by atoms with Crippen molar-refractivity contribution in [2.45, 2.75) is 0 Å². The lowest BCUT2D eigenvalue weighted by atomic mass is 10.7. The third kappa shape index (κ3) is 5.85. The van der Waals surface area contributed by atoms with Gasteiger partial charge in [-0.15, -0.1) is 0 Å². The minimum absolute atomic E-state index is 0.342. The minimum Gasteiger partial charge on any atom is -0.392 e. The Morgan fingerprint density at radius 3 is 2.12 bits per heavy atom. The first-order valence-corrected chi connectivity index (χ1v) is 3.58. The Labute approximate surface area is 46.6 Å². The first-order valence-electron chi connectivity index (χ1n) is 1.90. The van der Waals surface area contributed by atoms with Crippen LogP contribution >= 0.6 is 7.60 Å². The second-order valence-electron chi connectivity index (χ2n) is 1.16. The molecule has 0 spiro atoms. The van der Waals surface area contributed by atoms with Crippen LogP contribution in [-0.4, -0.2) is 21.5 Å². The fraction of sp³-hybridized carbons (Fsp3) is 0.333. The monoisotopic (exact) mass is 138 g/mol. The summed E-state index contributed by atoms with van der Waals surface area (Å²) in [4.78, 5) is 16.1. The summed E-state index contributed by atoms with van der Waals surface area (Å²) in [5, 5.41) is 8.00. The summed E-state index contributed by atoms with van der Waals surface area (Å²) in [6.45, 7) is -0.342. The average Bonchev–Trinajstić information content (AvgIpc) is 1.59. The lowest BCUT2D eigenvalue weighted by Gasteiger charge is -1.90. The lowest BCUT2D eigenvalue weighted by Crippen LogP contribution is -1.72. The molecule has 8 heavy (non-hydrogen) atoms. The second kappa shape index (κ2) is 2.99. The summed E-state index contributed by atoms with van der Waals surface area (Å²) in [6, 6.07) is 0. The van der Waals surface area contributed by atoms with Gasteiger partial charge in [-0.05, 0) is 0 Å². The quantitative estimate of drug-likeness (QED) is 0.456. The molecule has 0 aliphatic rings. The van der Waals surface area contributed by atoms with Gasteiger partial charge in [-0.3, -0.25) is 4.57 Å². The van der Waals surface area contributed by atoms with Crippen LogP contribution < -0.4 is 0 Å². The molecule has 48 valence electrons. The topological polar surface area (TPSA) is 77.8 Å². The molecular formula is C3H7O4P. The van der Waals surface area contributed by atoms with Gasteiger partial charge in [0.2, 0.25) is 0 Å². The smallest absolute Gasteiger partial charge is 0.348 e. The van der Waals surface area contributed by atoms with Crippen molar-refractivity contribution < 1.29 is 19.5 Å². The van der Waals surface area contributed by atoms with Crippen molar-refractivity contribution in [3.63, 3.8) is 0 Å². The maximum atomic E-state index is 9.89. The van der Waals surface area contributed by atoms with E-state index in [0.29, 0.717) is 5.82 Å². The van der Waals surface area contributed by atoms with Gasteiger partial charge in [0.05, 0.1) is 6.61 Å². The van der Waals surface area contributed by atoms with Crippen molar-refractivity contribution in [1.29, 1.82) is 0 Å². The van der Waals surface area contributed by atoms with E-state index in [1.54, 1.807) is 0 Å². The zero-order chi connectivity index (χ0) is 6.62. The van der Waals surface area contributed by atoms with Gasteiger partial charge in [-0.25, -0.2) is 0 Å². The van der Waals surface area contributed by atoms with Crippen LogP contribution in [-0.2, 0) is 4.57 Å². The summed E-state index contributed by atoms with van der Waals surface area (Å²) < 4.78 is 9.89. The van der Waals surface area contributed by atoms with Gasteiger partial charge >= 0.3 is 7.60 Å². The predicted octanol–water partition coefficient (Wildman–Crippen LogP) is -0.330. The Morgan fingerprint density at radius 1 is 1.50 bits per heavy atom. The molecule has 0 heterocycles. The summed E-state index contributed by atoms with van der Waals surface area (Å²) in [5.74, 6) is 0.660. The van der Waals surface area contributed by atoms with Gasteiger partial charge < -0.3 is 14.9 Å². The molecule has 0 radical (unpaired) electrons. The summed E-state index contributed by atoms with van der Waals surface area (Å²) in [6.07, 6.45) is 1.00. The fourth-order valence-corrected chi connectivity index (χ4v) is 0.553. The summed E-state index contributed by atoms with van der Waals surface area (Å²) in [5.41, 5.74) is 0. The normalized spacial score (nSPS) is 12.9. The molecule has 0 aromatic rings. The Kier molecular flexibility index (Phi) is 2.94. The molecule has 0 fully saturated rings. The Bertz CT molecular complexity index is 123. The number of hydrogen-bond donors (Lipinski definition) is 3. The van der Waals surface area contributed by atoms with Crippen LogP contribution in [0, 0.1) is 0 Å². The highest BCUT2D eigenvalue weighted by Gasteiger charge is 2.03. The maximum Gasteiger partial charge on any atom is 0.348 e. The third-order valence-corrected chi connectivity index (χ3v) is 1.00. The van der Waals surface area contributed by atoms with Crippen LogP contribution in [0.2, 0.25) is 0 Å². The molecule has 0 atom stereocenters. The van der Waals surface area contributed by atoms with Crippen molar-refractivity contribution in [1.82, 2.24) is 0 Å². The highest BCUT2D eigenvalue weighted by molar-refractivity contribution is 7.55. The molecule has 0 aromatic carbocycles. The third-order valence-electron chi connectivity index (χ3n) is 0.405. The van der Waals surface area contributed by atoms with Crippen LogP contribution in [0.3, 0.4) is 0 Å². The maximum absolute atomic E-state index is 9.89. The van der Waals surface area contributed by atoms with E-state index in [1.807, 2.05) is 0 Å².